The summed E-state index contributed by atoms with van der Waals surface area (Å²) in [5.41, 5.74) is 1.43. The molecule has 1 aliphatic carbocycles. The molecule has 114 valence electrons. The first kappa shape index (κ1) is 15.7. The molecule has 0 saturated heterocycles. The van der Waals surface area contributed by atoms with Crippen molar-refractivity contribution in [1.82, 2.24) is 0 Å². The molecule has 2 N–H and O–H groups in total. The van der Waals surface area contributed by atoms with E-state index in [1.807, 2.05) is 37.3 Å². The number of carbonyl (C=O) groups is 1. The molecule has 4 heteroatoms. The zero-order valence-corrected chi connectivity index (χ0v) is 12.4. The minimum Gasteiger partial charge on any atom is -0.463 e. The fourth-order valence-corrected chi connectivity index (χ4v) is 3.01. The summed E-state index contributed by atoms with van der Waals surface area (Å²) < 4.78 is 5.14. The molecule has 4 atom stereocenters. The van der Waals surface area contributed by atoms with Gasteiger partial charge in [0.15, 0.2) is 0 Å². The third-order valence-electron chi connectivity index (χ3n) is 4.06. The van der Waals surface area contributed by atoms with Gasteiger partial charge in [-0.2, -0.15) is 0 Å². The van der Waals surface area contributed by atoms with Crippen molar-refractivity contribution in [2.24, 2.45) is 11.8 Å². The Morgan fingerprint density at radius 2 is 1.95 bits per heavy atom. The Kier molecular flexibility index (Phi) is 5.15. The van der Waals surface area contributed by atoms with Crippen molar-refractivity contribution in [3.05, 3.63) is 47.5 Å². The molecule has 0 radical (unpaired) electrons. The smallest absolute Gasteiger partial charge is 0.334 e. The maximum Gasteiger partial charge on any atom is 0.334 e. The van der Waals surface area contributed by atoms with Crippen LogP contribution in [-0.2, 0) is 9.53 Å². The molecular weight excluding hydrogens is 268 g/mol. The summed E-state index contributed by atoms with van der Waals surface area (Å²) in [6.07, 6.45) is 1.09. The van der Waals surface area contributed by atoms with E-state index in [2.05, 4.69) is 0 Å². The van der Waals surface area contributed by atoms with Crippen LogP contribution in [0.15, 0.2) is 42.0 Å². The second-order valence-corrected chi connectivity index (χ2v) is 5.43. The minimum absolute atomic E-state index is 0.179. The van der Waals surface area contributed by atoms with Crippen LogP contribution in [-0.4, -0.2) is 35.5 Å². The first-order chi connectivity index (χ1) is 10.1. The predicted octanol–water partition coefficient (Wildman–Crippen LogP) is 1.88. The zero-order chi connectivity index (χ0) is 15.4. The van der Waals surface area contributed by atoms with Gasteiger partial charge in [0.2, 0.25) is 0 Å². The van der Waals surface area contributed by atoms with Gasteiger partial charge in [0.25, 0.3) is 0 Å². The fourth-order valence-electron chi connectivity index (χ4n) is 3.01. The highest BCUT2D eigenvalue weighted by Gasteiger charge is 2.40. The van der Waals surface area contributed by atoms with E-state index < -0.39 is 12.0 Å². The fraction of sp³-hybridized carbons (Fsp3) is 0.471. The number of hydrogen-bond acceptors (Lipinski definition) is 4. The van der Waals surface area contributed by atoms with Crippen LogP contribution in [0.2, 0.25) is 0 Å². The number of ether oxygens (including phenoxy) is 1. The topological polar surface area (TPSA) is 66.8 Å². The Labute approximate surface area is 125 Å². The average molecular weight is 290 g/mol. The Balaban J connectivity index is 2.47. The van der Waals surface area contributed by atoms with E-state index in [0.717, 1.165) is 5.56 Å². The molecule has 0 fully saturated rings. The Hall–Kier alpha value is -1.65. The molecule has 21 heavy (non-hydrogen) atoms. The third-order valence-corrected chi connectivity index (χ3v) is 4.06. The predicted molar refractivity (Wildman–Crippen MR) is 79.6 cm³/mol. The van der Waals surface area contributed by atoms with Crippen molar-refractivity contribution in [1.29, 1.82) is 0 Å². The molecule has 2 rings (SSSR count). The number of hydrogen-bond donors (Lipinski definition) is 2. The SMILES string of the molecule is CCOC(=O)C1=C[C@H](C)[C@@H](O)[C@@H](CO)[C@@H]1c1ccccc1. The number of aliphatic hydroxyl groups excluding tert-OH is 2. The minimum atomic E-state index is -0.682. The Morgan fingerprint density at radius 1 is 1.29 bits per heavy atom. The highest BCUT2D eigenvalue weighted by atomic mass is 16.5. The van der Waals surface area contributed by atoms with Crippen molar-refractivity contribution in [3.8, 4) is 0 Å². The lowest BCUT2D eigenvalue weighted by molar-refractivity contribution is -0.139. The van der Waals surface area contributed by atoms with Crippen molar-refractivity contribution >= 4 is 5.97 Å². The van der Waals surface area contributed by atoms with Crippen LogP contribution >= 0.6 is 0 Å². The van der Waals surface area contributed by atoms with E-state index in [-0.39, 0.29) is 24.4 Å². The van der Waals surface area contributed by atoms with Gasteiger partial charge in [0.1, 0.15) is 0 Å². The maximum absolute atomic E-state index is 12.2. The van der Waals surface area contributed by atoms with Gasteiger partial charge in [-0.3, -0.25) is 0 Å². The molecule has 0 saturated carbocycles. The number of carbonyl (C=O) groups excluding carboxylic acids is 1. The third kappa shape index (κ3) is 3.17. The van der Waals surface area contributed by atoms with Crippen molar-refractivity contribution in [3.63, 3.8) is 0 Å². The highest BCUT2D eigenvalue weighted by Crippen LogP contribution is 2.41. The highest BCUT2D eigenvalue weighted by molar-refractivity contribution is 5.90. The average Bonchev–Trinajstić information content (AvgIpc) is 2.50. The van der Waals surface area contributed by atoms with E-state index in [1.54, 1.807) is 13.0 Å². The number of esters is 1. The van der Waals surface area contributed by atoms with Crippen LogP contribution in [0, 0.1) is 11.8 Å². The molecule has 1 aromatic carbocycles. The Morgan fingerprint density at radius 3 is 2.52 bits per heavy atom. The molecule has 0 aliphatic heterocycles. The van der Waals surface area contributed by atoms with Crippen LogP contribution in [0.1, 0.15) is 25.3 Å². The first-order valence-electron chi connectivity index (χ1n) is 7.32. The summed E-state index contributed by atoms with van der Waals surface area (Å²) in [5, 5.41) is 20.0. The van der Waals surface area contributed by atoms with Crippen LogP contribution in [0.25, 0.3) is 0 Å². The standard InChI is InChI=1S/C17H22O4/c1-3-21-17(20)13-9-11(2)16(19)14(10-18)15(13)12-7-5-4-6-8-12/h4-9,11,14-16,18-19H,3,10H2,1-2H3/t11-,14-,15+,16+/m0/s1. The molecule has 1 aliphatic rings. The molecule has 0 bridgehead atoms. The van der Waals surface area contributed by atoms with E-state index >= 15 is 0 Å². The zero-order valence-electron chi connectivity index (χ0n) is 12.4. The van der Waals surface area contributed by atoms with Crippen LogP contribution in [0.4, 0.5) is 0 Å². The molecule has 0 spiro atoms. The summed E-state index contributed by atoms with van der Waals surface area (Å²) >= 11 is 0. The Bertz CT molecular complexity index is 509. The number of benzene rings is 1. The molecule has 1 aromatic rings. The lowest BCUT2D eigenvalue weighted by Crippen LogP contribution is -2.40. The molecule has 0 unspecified atom stereocenters. The van der Waals surface area contributed by atoms with Gasteiger partial charge in [-0.1, -0.05) is 43.3 Å². The number of rotatable bonds is 4. The lowest BCUT2D eigenvalue weighted by atomic mass is 9.70. The second-order valence-electron chi connectivity index (χ2n) is 5.43. The maximum atomic E-state index is 12.2. The summed E-state index contributed by atoms with van der Waals surface area (Å²) in [6, 6.07) is 9.48. The normalized spacial score (nSPS) is 28.9. The first-order valence-corrected chi connectivity index (χ1v) is 7.32. The largest absolute Gasteiger partial charge is 0.463 e. The summed E-state index contributed by atoms with van der Waals surface area (Å²) in [4.78, 5) is 12.2. The summed E-state index contributed by atoms with van der Waals surface area (Å²) in [6.45, 7) is 3.73. The molecule has 0 aromatic heterocycles. The summed E-state index contributed by atoms with van der Waals surface area (Å²) in [7, 11) is 0. The summed E-state index contributed by atoms with van der Waals surface area (Å²) in [5.74, 6) is -1.32. The molecule has 4 nitrogen and oxygen atoms in total. The van der Waals surface area contributed by atoms with Gasteiger partial charge in [-0.05, 0) is 12.5 Å². The second kappa shape index (κ2) is 6.87. The lowest BCUT2D eigenvalue weighted by Gasteiger charge is -2.37. The van der Waals surface area contributed by atoms with Gasteiger partial charge in [-0.25, -0.2) is 4.79 Å². The van der Waals surface area contributed by atoms with E-state index in [4.69, 9.17) is 4.74 Å². The van der Waals surface area contributed by atoms with Crippen molar-refractivity contribution in [2.75, 3.05) is 13.2 Å². The van der Waals surface area contributed by atoms with Crippen LogP contribution < -0.4 is 0 Å². The van der Waals surface area contributed by atoms with E-state index in [0.29, 0.717) is 12.2 Å². The molecular formula is C17H22O4. The van der Waals surface area contributed by atoms with Gasteiger partial charge in [0.05, 0.1) is 12.7 Å². The van der Waals surface area contributed by atoms with Gasteiger partial charge in [-0.15, -0.1) is 0 Å². The van der Waals surface area contributed by atoms with E-state index in [9.17, 15) is 15.0 Å². The molecule has 0 heterocycles. The van der Waals surface area contributed by atoms with Crippen LogP contribution in [0.5, 0.6) is 0 Å². The number of aliphatic hydroxyl groups is 2. The van der Waals surface area contributed by atoms with Gasteiger partial charge < -0.3 is 14.9 Å². The van der Waals surface area contributed by atoms with Gasteiger partial charge >= 0.3 is 5.97 Å². The monoisotopic (exact) mass is 290 g/mol. The molecule has 0 amide bonds. The van der Waals surface area contributed by atoms with Crippen LogP contribution in [0.3, 0.4) is 0 Å². The van der Waals surface area contributed by atoms with E-state index in [1.165, 1.54) is 0 Å². The van der Waals surface area contributed by atoms with Gasteiger partial charge in [0, 0.05) is 29.9 Å². The van der Waals surface area contributed by atoms with Crippen molar-refractivity contribution < 1.29 is 19.7 Å². The quantitative estimate of drug-likeness (QED) is 0.831. The van der Waals surface area contributed by atoms with Crippen molar-refractivity contribution in [2.45, 2.75) is 25.9 Å².